The zero-order valence-electron chi connectivity index (χ0n) is 13.9. The molecule has 114 valence electrons. The van der Waals surface area contributed by atoms with E-state index < -0.39 is 0 Å². The Balaban J connectivity index is 2.51. The van der Waals surface area contributed by atoms with Gasteiger partial charge in [-0.15, -0.1) is 11.3 Å². The molecule has 0 radical (unpaired) electrons. The fraction of sp³-hybridized carbons (Fsp3) is 0.500. The van der Waals surface area contributed by atoms with Gasteiger partial charge < -0.3 is 4.74 Å². The van der Waals surface area contributed by atoms with E-state index in [1.807, 2.05) is 5.51 Å². The van der Waals surface area contributed by atoms with E-state index in [2.05, 4.69) is 64.7 Å². The number of nitrogens with zero attached hydrogens (tertiary/aromatic N) is 1. The molecule has 0 unspecified atom stereocenters. The fourth-order valence-electron chi connectivity index (χ4n) is 2.82. The van der Waals surface area contributed by atoms with Crippen molar-refractivity contribution in [2.24, 2.45) is 0 Å². The fourth-order valence-corrected chi connectivity index (χ4v) is 3.62. The minimum Gasteiger partial charge on any atom is -0.368 e. The molecule has 2 aromatic rings. The van der Waals surface area contributed by atoms with E-state index in [-0.39, 0.29) is 11.7 Å². The molecule has 0 atom stereocenters. The van der Waals surface area contributed by atoms with E-state index in [0.717, 1.165) is 12.1 Å². The predicted octanol–water partition coefficient (Wildman–Crippen LogP) is 5.34. The molecule has 1 aromatic heterocycles. The van der Waals surface area contributed by atoms with E-state index in [0.29, 0.717) is 0 Å². The molecule has 0 aliphatic heterocycles. The molecule has 21 heavy (non-hydrogen) atoms. The lowest BCUT2D eigenvalue weighted by Gasteiger charge is -2.30. The van der Waals surface area contributed by atoms with E-state index >= 15 is 0 Å². The molecule has 0 spiro atoms. The molecule has 0 aliphatic rings. The van der Waals surface area contributed by atoms with Crippen molar-refractivity contribution in [1.82, 2.24) is 4.98 Å². The Morgan fingerprint density at radius 1 is 1.29 bits per heavy atom. The lowest BCUT2D eigenvalue weighted by atomic mass is 9.89. The van der Waals surface area contributed by atoms with Crippen LogP contribution in [0.4, 0.5) is 0 Å². The van der Waals surface area contributed by atoms with Crippen LogP contribution in [0.15, 0.2) is 23.7 Å². The summed E-state index contributed by atoms with van der Waals surface area (Å²) in [7, 11) is 0. The van der Waals surface area contributed by atoms with Crippen LogP contribution in [-0.2, 0) is 16.8 Å². The van der Waals surface area contributed by atoms with Crippen LogP contribution in [0.1, 0.15) is 51.4 Å². The van der Waals surface area contributed by atoms with Crippen LogP contribution in [0.5, 0.6) is 0 Å². The molecular weight excluding hydrogens is 278 g/mol. The highest BCUT2D eigenvalue weighted by molar-refractivity contribution is 7.13. The molecule has 0 fully saturated rings. The Kier molecular flexibility index (Phi) is 4.84. The van der Waals surface area contributed by atoms with Crippen molar-refractivity contribution < 1.29 is 4.74 Å². The van der Waals surface area contributed by atoms with Crippen molar-refractivity contribution in [1.29, 1.82) is 0 Å². The zero-order valence-corrected chi connectivity index (χ0v) is 14.7. The smallest absolute Gasteiger partial charge is 0.0881 e. The second kappa shape index (κ2) is 6.29. The molecule has 0 bridgehead atoms. The van der Waals surface area contributed by atoms with Crippen molar-refractivity contribution in [3.63, 3.8) is 0 Å². The average molecular weight is 303 g/mol. The third kappa shape index (κ3) is 3.53. The first-order valence-electron chi connectivity index (χ1n) is 7.56. The Labute approximate surface area is 132 Å². The van der Waals surface area contributed by atoms with Gasteiger partial charge in [0.15, 0.2) is 0 Å². The second-order valence-corrected chi connectivity index (χ2v) is 7.02. The van der Waals surface area contributed by atoms with Gasteiger partial charge in [0.05, 0.1) is 27.8 Å². The number of aromatic nitrogens is 1. The second-order valence-electron chi connectivity index (χ2n) is 6.17. The van der Waals surface area contributed by atoms with Gasteiger partial charge in [-0.2, -0.15) is 0 Å². The summed E-state index contributed by atoms with van der Waals surface area (Å²) >= 11 is 1.70. The van der Waals surface area contributed by atoms with Crippen molar-refractivity contribution in [2.45, 2.75) is 59.7 Å². The molecule has 0 saturated heterocycles. The van der Waals surface area contributed by atoms with Crippen molar-refractivity contribution >= 4 is 11.3 Å². The van der Waals surface area contributed by atoms with Gasteiger partial charge in [0.2, 0.25) is 0 Å². The highest BCUT2D eigenvalue weighted by atomic mass is 32.1. The van der Waals surface area contributed by atoms with Gasteiger partial charge in [-0.25, -0.2) is 4.98 Å². The number of thiazole rings is 1. The average Bonchev–Trinajstić information content (AvgIpc) is 2.83. The Morgan fingerprint density at radius 3 is 2.52 bits per heavy atom. The van der Waals surface area contributed by atoms with Crippen molar-refractivity contribution in [2.75, 3.05) is 0 Å². The minimum absolute atomic E-state index is 0.207. The van der Waals surface area contributed by atoms with E-state index in [1.54, 1.807) is 11.3 Å². The summed E-state index contributed by atoms with van der Waals surface area (Å²) in [6.07, 6.45) is 1.22. The van der Waals surface area contributed by atoms with Crippen molar-refractivity contribution in [3.8, 4) is 10.4 Å². The lowest BCUT2D eigenvalue weighted by Crippen LogP contribution is -2.26. The zero-order chi connectivity index (χ0) is 15.6. The Hall–Kier alpha value is -1.19. The summed E-state index contributed by atoms with van der Waals surface area (Å²) in [6, 6.07) is 6.71. The van der Waals surface area contributed by atoms with Gasteiger partial charge in [-0.3, -0.25) is 0 Å². The summed E-state index contributed by atoms with van der Waals surface area (Å²) in [5.74, 6) is 0. The number of aryl methyl sites for hydroxylation is 2. The first kappa shape index (κ1) is 16.2. The first-order valence-corrected chi connectivity index (χ1v) is 8.44. The molecule has 0 N–H and O–H groups in total. The van der Waals surface area contributed by atoms with E-state index in [4.69, 9.17) is 4.74 Å². The summed E-state index contributed by atoms with van der Waals surface area (Å²) in [5, 5.41) is 0. The Morgan fingerprint density at radius 2 is 2.00 bits per heavy atom. The third-order valence-corrected chi connectivity index (χ3v) is 4.66. The maximum Gasteiger partial charge on any atom is 0.0881 e. The number of rotatable bonds is 5. The topological polar surface area (TPSA) is 22.1 Å². The van der Waals surface area contributed by atoms with Gasteiger partial charge >= 0.3 is 0 Å². The van der Waals surface area contributed by atoms with E-state index in [1.165, 1.54) is 21.6 Å². The normalized spacial score (nSPS) is 12.1. The minimum atomic E-state index is -0.284. The first-order chi connectivity index (χ1) is 9.85. The van der Waals surface area contributed by atoms with Gasteiger partial charge in [0, 0.05) is 0 Å². The molecule has 1 heterocycles. The standard InChI is InChI=1S/C18H25NOS/c1-7-14-8-9-15(17-13(4)19-11-21-17)10-16(14)18(5,6)20-12(2)3/h8-12H,7H2,1-6H3. The van der Waals surface area contributed by atoms with E-state index in [9.17, 15) is 0 Å². The molecular formula is C18H25NOS. The van der Waals surface area contributed by atoms with Gasteiger partial charge in [-0.05, 0) is 63.8 Å². The summed E-state index contributed by atoms with van der Waals surface area (Å²) in [5.41, 5.74) is 6.60. The molecule has 1 aromatic carbocycles. The number of ether oxygens (including phenoxy) is 1. The van der Waals surface area contributed by atoms with Crippen LogP contribution in [-0.4, -0.2) is 11.1 Å². The van der Waals surface area contributed by atoms with Gasteiger partial charge in [0.1, 0.15) is 0 Å². The highest BCUT2D eigenvalue weighted by Gasteiger charge is 2.26. The number of hydrogen-bond acceptors (Lipinski definition) is 3. The maximum atomic E-state index is 6.16. The third-order valence-electron chi connectivity index (χ3n) is 3.68. The molecule has 0 amide bonds. The van der Waals surface area contributed by atoms with Crippen LogP contribution in [0.25, 0.3) is 10.4 Å². The summed E-state index contributed by atoms with van der Waals surface area (Å²) in [4.78, 5) is 5.61. The summed E-state index contributed by atoms with van der Waals surface area (Å²) < 4.78 is 6.16. The largest absolute Gasteiger partial charge is 0.368 e. The number of hydrogen-bond donors (Lipinski definition) is 0. The van der Waals surface area contributed by atoms with Crippen LogP contribution < -0.4 is 0 Å². The number of benzene rings is 1. The maximum absolute atomic E-state index is 6.16. The molecule has 0 saturated carbocycles. The van der Waals surface area contributed by atoms with Crippen LogP contribution >= 0.6 is 11.3 Å². The van der Waals surface area contributed by atoms with Crippen LogP contribution in [0, 0.1) is 6.92 Å². The SMILES string of the molecule is CCc1ccc(-c2scnc2C)cc1C(C)(C)OC(C)C. The quantitative estimate of drug-likeness (QED) is 0.743. The monoisotopic (exact) mass is 303 g/mol. The highest BCUT2D eigenvalue weighted by Crippen LogP contribution is 2.35. The summed E-state index contributed by atoms with van der Waals surface area (Å²) in [6.45, 7) is 12.8. The lowest BCUT2D eigenvalue weighted by molar-refractivity contribution is -0.0604. The van der Waals surface area contributed by atoms with Gasteiger partial charge in [-0.1, -0.05) is 19.1 Å². The molecule has 0 aliphatic carbocycles. The van der Waals surface area contributed by atoms with Crippen LogP contribution in [0.3, 0.4) is 0 Å². The van der Waals surface area contributed by atoms with Crippen LogP contribution in [0.2, 0.25) is 0 Å². The van der Waals surface area contributed by atoms with Crippen molar-refractivity contribution in [3.05, 3.63) is 40.5 Å². The van der Waals surface area contributed by atoms with Gasteiger partial charge in [0.25, 0.3) is 0 Å². The predicted molar refractivity (Wildman–Crippen MR) is 90.9 cm³/mol. The molecule has 2 nitrogen and oxygen atoms in total. The molecule has 2 rings (SSSR count). The molecule has 3 heteroatoms. The Bertz CT molecular complexity index is 613.